The van der Waals surface area contributed by atoms with Crippen molar-refractivity contribution in [2.45, 2.75) is 25.6 Å². The summed E-state index contributed by atoms with van der Waals surface area (Å²) in [5.41, 5.74) is -0.477. The van der Waals surface area contributed by atoms with Crippen LogP contribution in [0.4, 0.5) is 18.9 Å². The van der Waals surface area contributed by atoms with Crippen LogP contribution in [0.2, 0.25) is 0 Å². The molecule has 0 heterocycles. The molecule has 1 amide bonds. The summed E-state index contributed by atoms with van der Waals surface area (Å²) in [6.45, 7) is 1.32. The maximum atomic E-state index is 12.8. The second-order valence-electron chi connectivity index (χ2n) is 6.41. The minimum atomic E-state index is -4.54. The zero-order valence-corrected chi connectivity index (χ0v) is 17.3. The van der Waals surface area contributed by atoms with Gasteiger partial charge in [0, 0.05) is 5.69 Å². The molecule has 7 nitrogen and oxygen atoms in total. The number of methoxy groups -OCH3 is 3. The van der Waals surface area contributed by atoms with Gasteiger partial charge in [-0.3, -0.25) is 9.59 Å². The highest BCUT2D eigenvalue weighted by Gasteiger charge is 2.30. The van der Waals surface area contributed by atoms with Gasteiger partial charge in [0.25, 0.3) is 5.91 Å². The van der Waals surface area contributed by atoms with E-state index >= 15 is 0 Å². The number of hydrogen-bond donors (Lipinski definition) is 1. The van der Waals surface area contributed by atoms with E-state index in [9.17, 15) is 22.8 Å². The number of amides is 1. The van der Waals surface area contributed by atoms with E-state index in [1.54, 1.807) is 12.1 Å². The summed E-state index contributed by atoms with van der Waals surface area (Å²) in [4.78, 5) is 24.5. The zero-order valence-electron chi connectivity index (χ0n) is 17.3. The van der Waals surface area contributed by atoms with Gasteiger partial charge in [-0.25, -0.2) is 0 Å². The Labute approximate surface area is 177 Å². The van der Waals surface area contributed by atoms with Crippen molar-refractivity contribution in [2.75, 3.05) is 26.6 Å². The van der Waals surface area contributed by atoms with Gasteiger partial charge in [0.2, 0.25) is 5.75 Å². The van der Waals surface area contributed by atoms with Crippen LogP contribution < -0.4 is 19.5 Å². The summed E-state index contributed by atoms with van der Waals surface area (Å²) in [5.74, 6) is -0.436. The highest BCUT2D eigenvalue weighted by Crippen LogP contribution is 2.38. The molecular weight excluding hydrogens is 419 g/mol. The fourth-order valence-corrected chi connectivity index (χ4v) is 2.71. The van der Waals surface area contributed by atoms with Crippen molar-refractivity contribution < 1.29 is 41.7 Å². The number of carbonyl (C=O) groups is 2. The first-order valence-electron chi connectivity index (χ1n) is 9.05. The Balaban J connectivity index is 2.03. The van der Waals surface area contributed by atoms with Crippen molar-refractivity contribution in [1.29, 1.82) is 0 Å². The molecule has 2 rings (SSSR count). The molecule has 2 aromatic carbocycles. The monoisotopic (exact) mass is 441 g/mol. The molecule has 1 atom stereocenters. The van der Waals surface area contributed by atoms with Crippen molar-refractivity contribution in [3.8, 4) is 17.2 Å². The summed E-state index contributed by atoms with van der Waals surface area (Å²) >= 11 is 0. The number of halogens is 3. The molecule has 10 heteroatoms. The topological polar surface area (TPSA) is 83.1 Å². The third-order valence-electron chi connectivity index (χ3n) is 4.21. The summed E-state index contributed by atoms with van der Waals surface area (Å²) in [5, 5.41) is 2.30. The Morgan fingerprint density at radius 2 is 1.61 bits per heavy atom. The molecule has 0 aliphatic rings. The predicted molar refractivity (Wildman–Crippen MR) is 105 cm³/mol. The van der Waals surface area contributed by atoms with Crippen LogP contribution in [0, 0.1) is 0 Å². The molecule has 0 aromatic heterocycles. The normalized spacial score (nSPS) is 12.0. The lowest BCUT2D eigenvalue weighted by Crippen LogP contribution is -2.30. The number of ether oxygens (including phenoxy) is 4. The molecule has 1 N–H and O–H groups in total. The number of carbonyl (C=O) groups excluding carboxylic acids is 2. The lowest BCUT2D eigenvalue weighted by molar-refractivity contribution is -0.152. The number of nitrogens with one attached hydrogen (secondary N) is 1. The number of esters is 1. The Kier molecular flexibility index (Phi) is 7.73. The van der Waals surface area contributed by atoms with Gasteiger partial charge >= 0.3 is 12.1 Å². The molecule has 0 bridgehead atoms. The van der Waals surface area contributed by atoms with Crippen molar-refractivity contribution >= 4 is 17.6 Å². The summed E-state index contributed by atoms with van der Waals surface area (Å²) in [6, 6.07) is 7.28. The molecule has 0 radical (unpaired) electrons. The molecule has 1 unspecified atom stereocenters. The van der Waals surface area contributed by atoms with Crippen LogP contribution >= 0.6 is 0 Å². The van der Waals surface area contributed by atoms with Crippen LogP contribution in [0.3, 0.4) is 0 Å². The van der Waals surface area contributed by atoms with Crippen molar-refractivity contribution in [2.24, 2.45) is 0 Å². The van der Waals surface area contributed by atoms with Gasteiger partial charge in [0.05, 0.1) is 33.3 Å². The zero-order chi connectivity index (χ0) is 23.2. The van der Waals surface area contributed by atoms with Gasteiger partial charge in [-0.05, 0) is 42.8 Å². The molecule has 168 valence electrons. The smallest absolute Gasteiger partial charge is 0.416 e. The lowest BCUT2D eigenvalue weighted by atomic mass is 10.1. The lowest BCUT2D eigenvalue weighted by Gasteiger charge is -2.16. The third kappa shape index (κ3) is 6.27. The van der Waals surface area contributed by atoms with Gasteiger partial charge in [-0.1, -0.05) is 6.07 Å². The quantitative estimate of drug-likeness (QED) is 0.627. The van der Waals surface area contributed by atoms with Crippen LogP contribution in [-0.2, 0) is 26.9 Å². The maximum Gasteiger partial charge on any atom is 0.416 e. The van der Waals surface area contributed by atoms with Gasteiger partial charge in [-0.2, -0.15) is 13.2 Å². The average molecular weight is 441 g/mol. The number of rotatable bonds is 8. The van der Waals surface area contributed by atoms with E-state index in [0.29, 0.717) is 22.8 Å². The molecule has 0 saturated carbocycles. The van der Waals surface area contributed by atoms with Crippen LogP contribution in [0.1, 0.15) is 18.1 Å². The molecule has 0 aliphatic carbocycles. The van der Waals surface area contributed by atoms with E-state index in [4.69, 9.17) is 18.9 Å². The molecular formula is C21H22F3NO6. The molecule has 0 saturated heterocycles. The first kappa shape index (κ1) is 23.8. The Morgan fingerprint density at radius 1 is 1.00 bits per heavy atom. The Morgan fingerprint density at radius 3 is 2.13 bits per heavy atom. The number of hydrogen-bond acceptors (Lipinski definition) is 6. The number of anilines is 1. The van der Waals surface area contributed by atoms with Gasteiger partial charge in [-0.15, -0.1) is 0 Å². The molecule has 31 heavy (non-hydrogen) atoms. The van der Waals surface area contributed by atoms with Crippen LogP contribution in [0.25, 0.3) is 0 Å². The largest absolute Gasteiger partial charge is 0.493 e. The fraction of sp³-hybridized carbons (Fsp3) is 0.333. The van der Waals surface area contributed by atoms with Gasteiger partial charge in [0.1, 0.15) is 0 Å². The van der Waals surface area contributed by atoms with Gasteiger partial charge in [0.15, 0.2) is 17.6 Å². The second kappa shape index (κ2) is 10.1. The molecule has 0 spiro atoms. The minimum Gasteiger partial charge on any atom is -0.493 e. The SMILES string of the molecule is COc1cc(CC(=O)OC(C)C(=O)Nc2cccc(C(F)(F)F)c2)cc(OC)c1OC. The van der Waals surface area contributed by atoms with E-state index in [2.05, 4.69) is 5.32 Å². The number of benzene rings is 2. The van der Waals surface area contributed by atoms with Crippen LogP contribution in [-0.4, -0.2) is 39.3 Å². The Bertz CT molecular complexity index is 920. The van der Waals surface area contributed by atoms with E-state index in [1.165, 1.54) is 40.4 Å². The average Bonchev–Trinajstić information content (AvgIpc) is 2.72. The van der Waals surface area contributed by atoms with Crippen molar-refractivity contribution in [1.82, 2.24) is 0 Å². The van der Waals surface area contributed by atoms with Gasteiger partial charge < -0.3 is 24.3 Å². The van der Waals surface area contributed by atoms with Crippen LogP contribution in [0.5, 0.6) is 17.2 Å². The summed E-state index contributed by atoms with van der Waals surface area (Å²) in [6.07, 6.45) is -5.97. The maximum absolute atomic E-state index is 12.8. The highest BCUT2D eigenvalue weighted by molar-refractivity contribution is 5.95. The summed E-state index contributed by atoms with van der Waals surface area (Å²) < 4.78 is 59.1. The second-order valence-corrected chi connectivity index (χ2v) is 6.41. The standard InChI is InChI=1S/C21H22F3NO6/c1-12(20(27)25-15-7-5-6-14(11-15)21(22,23)24)31-18(26)10-13-8-16(28-2)19(30-4)17(9-13)29-3/h5-9,11-12H,10H2,1-4H3,(H,25,27). The summed E-state index contributed by atoms with van der Waals surface area (Å²) in [7, 11) is 4.30. The molecule has 0 aliphatic heterocycles. The predicted octanol–water partition coefficient (Wildman–Crippen LogP) is 3.84. The van der Waals surface area contributed by atoms with Crippen molar-refractivity contribution in [3.63, 3.8) is 0 Å². The number of alkyl halides is 3. The highest BCUT2D eigenvalue weighted by atomic mass is 19.4. The molecule has 0 fully saturated rings. The van der Waals surface area contributed by atoms with Crippen molar-refractivity contribution in [3.05, 3.63) is 47.5 Å². The van der Waals surface area contributed by atoms with E-state index in [1.807, 2.05) is 0 Å². The van der Waals surface area contributed by atoms with Crippen LogP contribution in [0.15, 0.2) is 36.4 Å². The molecule has 2 aromatic rings. The minimum absolute atomic E-state index is 0.0626. The first-order valence-corrected chi connectivity index (χ1v) is 9.05. The van der Waals surface area contributed by atoms with E-state index in [-0.39, 0.29) is 12.1 Å². The Hall–Kier alpha value is -3.43. The first-order chi connectivity index (χ1) is 14.6. The van der Waals surface area contributed by atoms with E-state index in [0.717, 1.165) is 12.1 Å². The van der Waals surface area contributed by atoms with E-state index < -0.39 is 29.7 Å². The third-order valence-corrected chi connectivity index (χ3v) is 4.21. The fourth-order valence-electron chi connectivity index (χ4n) is 2.71.